The highest BCUT2D eigenvalue weighted by Gasteiger charge is 2.41. The van der Waals surface area contributed by atoms with Crippen molar-refractivity contribution in [1.82, 2.24) is 25.0 Å². The van der Waals surface area contributed by atoms with E-state index in [-0.39, 0.29) is 22.8 Å². The van der Waals surface area contributed by atoms with Crippen LogP contribution in [0.25, 0.3) is 11.9 Å². The monoisotopic (exact) mass is 465 g/mol. The van der Waals surface area contributed by atoms with Crippen LogP contribution in [0.1, 0.15) is 16.8 Å². The molecule has 3 N–H and O–H groups in total. The van der Waals surface area contributed by atoms with Crippen LogP contribution in [0.5, 0.6) is 0 Å². The number of nitrogens with two attached hydrogens (primary N) is 1. The fraction of sp³-hybridized carbons (Fsp3) is 0.0952. The van der Waals surface area contributed by atoms with Crippen LogP contribution >= 0.6 is 0 Å². The summed E-state index contributed by atoms with van der Waals surface area (Å²) in [6.07, 6.45) is 4.57. The molecule has 3 aromatic heterocycles. The van der Waals surface area contributed by atoms with Crippen molar-refractivity contribution in [3.63, 3.8) is 0 Å². The van der Waals surface area contributed by atoms with Crippen LogP contribution in [0.2, 0.25) is 0 Å². The van der Waals surface area contributed by atoms with E-state index in [0.29, 0.717) is 23.9 Å². The van der Waals surface area contributed by atoms with Gasteiger partial charge in [0.25, 0.3) is 5.91 Å². The number of nitrogens with one attached hydrogen (secondary N) is 1. The van der Waals surface area contributed by atoms with Crippen molar-refractivity contribution in [2.45, 2.75) is 12.6 Å². The van der Waals surface area contributed by atoms with Crippen LogP contribution < -0.4 is 11.1 Å². The van der Waals surface area contributed by atoms with Gasteiger partial charge in [0, 0.05) is 18.0 Å². The first kappa shape index (κ1) is 22.3. The zero-order valence-electron chi connectivity index (χ0n) is 17.2. The number of allylic oxidation sites excluding steroid dienone is 1. The summed E-state index contributed by atoms with van der Waals surface area (Å²) in [6.45, 7) is 0. The third-order valence-corrected chi connectivity index (χ3v) is 4.68. The van der Waals surface area contributed by atoms with Gasteiger partial charge in [0.15, 0.2) is 11.5 Å². The Morgan fingerprint density at radius 3 is 2.71 bits per heavy atom. The lowest BCUT2D eigenvalue weighted by Crippen LogP contribution is -2.32. The Labute approximate surface area is 190 Å². The second-order valence-corrected chi connectivity index (χ2v) is 6.82. The van der Waals surface area contributed by atoms with Crippen molar-refractivity contribution in [2.24, 2.45) is 10.7 Å². The van der Waals surface area contributed by atoms with Crippen molar-refractivity contribution in [3.8, 4) is 11.9 Å². The average Bonchev–Trinajstić information content (AvgIpc) is 3.50. The Morgan fingerprint density at radius 1 is 1.26 bits per heavy atom. The maximum atomic E-state index is 13.9. The highest BCUT2D eigenvalue weighted by Crippen LogP contribution is 2.31. The Kier molecular flexibility index (Phi) is 5.88. The van der Waals surface area contributed by atoms with Crippen LogP contribution in [0, 0.1) is 11.3 Å². The minimum Gasteiger partial charge on any atom is -0.404 e. The van der Waals surface area contributed by atoms with Gasteiger partial charge < -0.3 is 11.1 Å². The number of fused-ring (bicyclic) bond motifs is 1. The maximum absolute atomic E-state index is 13.9. The van der Waals surface area contributed by atoms with Gasteiger partial charge in [-0.1, -0.05) is 6.08 Å². The maximum Gasteiger partial charge on any atom is 0.434 e. The summed E-state index contributed by atoms with van der Waals surface area (Å²) in [5.41, 5.74) is 4.03. The Balaban J connectivity index is 1.66. The second kappa shape index (κ2) is 8.94. The van der Waals surface area contributed by atoms with Crippen molar-refractivity contribution < 1.29 is 18.0 Å². The van der Waals surface area contributed by atoms with E-state index in [1.165, 1.54) is 30.7 Å². The van der Waals surface area contributed by atoms with Gasteiger partial charge in [0.1, 0.15) is 11.6 Å². The molecule has 13 heteroatoms. The number of aliphatic imine (C=N–C) groups is 1. The number of nitrogens with zero attached hydrogens (tertiary/aromatic N) is 7. The summed E-state index contributed by atoms with van der Waals surface area (Å²) in [7, 11) is 0. The first-order chi connectivity index (χ1) is 16.3. The van der Waals surface area contributed by atoms with Crippen LogP contribution in [-0.2, 0) is 11.2 Å². The molecule has 4 rings (SSSR count). The third kappa shape index (κ3) is 4.37. The summed E-state index contributed by atoms with van der Waals surface area (Å²) in [5.74, 6) is -1.10. The molecule has 0 atom stereocenters. The molecular formula is C21H14F3N9O. The molecule has 0 aromatic carbocycles. The predicted octanol–water partition coefficient (Wildman–Crippen LogP) is 2.61. The fourth-order valence-electron chi connectivity index (χ4n) is 3.19. The van der Waals surface area contributed by atoms with E-state index in [1.807, 2.05) is 6.07 Å². The quantitative estimate of drug-likeness (QED) is 0.435. The number of aromatic nitrogens is 5. The predicted molar refractivity (Wildman–Crippen MR) is 115 cm³/mol. The van der Waals surface area contributed by atoms with E-state index in [4.69, 9.17) is 5.73 Å². The highest BCUT2D eigenvalue weighted by molar-refractivity contribution is 6.27. The second-order valence-electron chi connectivity index (χ2n) is 6.82. The van der Waals surface area contributed by atoms with Gasteiger partial charge in [-0.15, -0.1) is 4.80 Å². The molecular weight excluding hydrogens is 451 g/mol. The molecule has 0 saturated carbocycles. The summed E-state index contributed by atoms with van der Waals surface area (Å²) in [4.78, 5) is 25.7. The lowest BCUT2D eigenvalue weighted by molar-refractivity contribution is -0.113. The molecule has 3 aromatic rings. The van der Waals surface area contributed by atoms with Gasteiger partial charge in [0.2, 0.25) is 0 Å². The SMILES string of the molecule is N#Cc1cc(NC(=O)C(=CN)C(=Nc2ccnc3c2CC=C3)C(F)(F)F)cnc1-n1nccn1. The molecule has 1 amide bonds. The molecule has 0 radical (unpaired) electrons. The van der Waals surface area contributed by atoms with Crippen LogP contribution in [-0.4, -0.2) is 42.8 Å². The minimum absolute atomic E-state index is 0.0168. The van der Waals surface area contributed by atoms with Gasteiger partial charge in [-0.25, -0.2) is 9.98 Å². The van der Waals surface area contributed by atoms with Crippen molar-refractivity contribution in [1.29, 1.82) is 5.26 Å². The molecule has 34 heavy (non-hydrogen) atoms. The molecule has 0 fully saturated rings. The summed E-state index contributed by atoms with van der Waals surface area (Å²) in [6, 6.07) is 4.43. The van der Waals surface area contributed by atoms with Gasteiger partial charge in [0.05, 0.1) is 41.2 Å². The smallest absolute Gasteiger partial charge is 0.404 e. The summed E-state index contributed by atoms with van der Waals surface area (Å²) in [5, 5.41) is 19.4. The molecule has 170 valence electrons. The topological polar surface area (TPSA) is 148 Å². The minimum atomic E-state index is -4.99. The molecule has 0 saturated heterocycles. The van der Waals surface area contributed by atoms with Crippen LogP contribution in [0.3, 0.4) is 0 Å². The Morgan fingerprint density at radius 2 is 2.03 bits per heavy atom. The number of carbonyl (C=O) groups is 1. The number of nitriles is 1. The molecule has 0 bridgehead atoms. The number of alkyl halides is 3. The van der Waals surface area contributed by atoms with E-state index in [1.54, 1.807) is 12.2 Å². The summed E-state index contributed by atoms with van der Waals surface area (Å²) < 4.78 is 41.7. The van der Waals surface area contributed by atoms with E-state index < -0.39 is 23.4 Å². The van der Waals surface area contributed by atoms with Gasteiger partial charge in [-0.2, -0.15) is 28.6 Å². The number of hydrogen-bond acceptors (Lipinski definition) is 8. The molecule has 10 nitrogen and oxygen atoms in total. The average molecular weight is 465 g/mol. The summed E-state index contributed by atoms with van der Waals surface area (Å²) >= 11 is 0. The zero-order chi connectivity index (χ0) is 24.3. The highest BCUT2D eigenvalue weighted by atomic mass is 19.4. The van der Waals surface area contributed by atoms with E-state index >= 15 is 0 Å². The molecule has 0 aliphatic heterocycles. The normalized spacial score (nSPS) is 13.5. The van der Waals surface area contributed by atoms with Crippen LogP contribution in [0.4, 0.5) is 24.5 Å². The number of anilines is 1. The number of amides is 1. The number of hydrogen-bond donors (Lipinski definition) is 2. The number of carbonyl (C=O) groups excluding carboxylic acids is 1. The molecule has 0 spiro atoms. The van der Waals surface area contributed by atoms with Gasteiger partial charge >= 0.3 is 6.18 Å². The van der Waals surface area contributed by atoms with E-state index in [2.05, 4.69) is 30.5 Å². The number of rotatable bonds is 5. The van der Waals surface area contributed by atoms with Gasteiger partial charge in [-0.05, 0) is 24.6 Å². The fourth-order valence-corrected chi connectivity index (χ4v) is 3.19. The molecule has 1 aliphatic carbocycles. The molecule has 1 aliphatic rings. The van der Waals surface area contributed by atoms with E-state index in [9.17, 15) is 23.2 Å². The largest absolute Gasteiger partial charge is 0.434 e. The lowest BCUT2D eigenvalue weighted by atomic mass is 10.1. The van der Waals surface area contributed by atoms with Gasteiger partial charge in [-0.3, -0.25) is 9.78 Å². The molecule has 3 heterocycles. The number of halogens is 3. The standard InChI is InChI=1S/C21H14F3N9O/c22-21(23,24)18(32-17-4-5-27-16-3-1-2-14(16)17)15(10-26)20(34)31-13-8-12(9-25)19(28-11-13)33-29-6-7-30-33/h1,3-8,10-11H,2,26H2,(H,31,34). The first-order valence-electron chi connectivity index (χ1n) is 9.62. The third-order valence-electron chi connectivity index (χ3n) is 4.68. The van der Waals surface area contributed by atoms with Crippen LogP contribution in [0.15, 0.2) is 59.8 Å². The zero-order valence-corrected chi connectivity index (χ0v) is 17.2. The lowest BCUT2D eigenvalue weighted by Gasteiger charge is -2.15. The van der Waals surface area contributed by atoms with Crippen molar-refractivity contribution in [3.05, 3.63) is 71.6 Å². The van der Waals surface area contributed by atoms with Crippen molar-refractivity contribution >= 4 is 29.1 Å². The first-order valence-corrected chi connectivity index (χ1v) is 9.62. The molecule has 0 unspecified atom stereocenters. The number of pyridine rings is 2. The Hall–Kier alpha value is -4.86. The van der Waals surface area contributed by atoms with E-state index in [0.717, 1.165) is 11.0 Å². The Bertz CT molecular complexity index is 1380. The van der Waals surface area contributed by atoms with Crippen molar-refractivity contribution in [2.75, 3.05) is 5.32 Å².